The largest absolute Gasteiger partial charge is 0.376 e. The van der Waals surface area contributed by atoms with E-state index in [4.69, 9.17) is 4.74 Å². The Labute approximate surface area is 124 Å². The van der Waals surface area contributed by atoms with E-state index >= 15 is 0 Å². The second-order valence-electron chi connectivity index (χ2n) is 5.66. The topological polar surface area (TPSA) is 67.3 Å². The third-order valence-electron chi connectivity index (χ3n) is 4.05. The number of amides is 1. The maximum atomic E-state index is 12.3. The van der Waals surface area contributed by atoms with E-state index in [9.17, 15) is 4.79 Å². The number of ether oxygens (including phenoxy) is 1. The van der Waals surface area contributed by atoms with Crippen LogP contribution in [0.15, 0.2) is 12.4 Å². The molecule has 6 nitrogen and oxygen atoms in total. The zero-order chi connectivity index (χ0) is 14.5. The van der Waals surface area contributed by atoms with Gasteiger partial charge in [-0.1, -0.05) is 0 Å². The highest BCUT2D eigenvalue weighted by Crippen LogP contribution is 2.14. The monoisotopic (exact) mass is 290 g/mol. The quantitative estimate of drug-likeness (QED) is 0.914. The van der Waals surface area contributed by atoms with Gasteiger partial charge in [0.1, 0.15) is 11.5 Å². The first-order valence-corrected chi connectivity index (χ1v) is 7.80. The van der Waals surface area contributed by atoms with Gasteiger partial charge in [0.25, 0.3) is 5.91 Å². The molecule has 2 aliphatic rings. The fraction of sp³-hybridized carbons (Fsp3) is 0.667. The Balaban J connectivity index is 1.54. The molecule has 1 unspecified atom stereocenters. The van der Waals surface area contributed by atoms with Gasteiger partial charge in [0.05, 0.1) is 18.5 Å². The van der Waals surface area contributed by atoms with Crippen LogP contribution in [0, 0.1) is 0 Å². The molecule has 0 spiro atoms. The van der Waals surface area contributed by atoms with Crippen molar-refractivity contribution in [3.05, 3.63) is 18.1 Å². The second kappa shape index (κ2) is 6.85. The highest BCUT2D eigenvalue weighted by Gasteiger charge is 2.20. The SMILES string of the molecule is O=C(c1cnc(NCC2CCCO2)cn1)N1CCCCC1. The first-order chi connectivity index (χ1) is 10.3. The van der Waals surface area contributed by atoms with Gasteiger partial charge in [-0.3, -0.25) is 4.79 Å². The molecule has 1 N–H and O–H groups in total. The lowest BCUT2D eigenvalue weighted by molar-refractivity contribution is 0.0718. The molecule has 2 saturated heterocycles. The number of nitrogens with one attached hydrogen (secondary N) is 1. The van der Waals surface area contributed by atoms with Crippen molar-refractivity contribution >= 4 is 11.7 Å². The number of hydrogen-bond acceptors (Lipinski definition) is 5. The summed E-state index contributed by atoms with van der Waals surface area (Å²) in [6.45, 7) is 3.26. The molecule has 0 bridgehead atoms. The Morgan fingerprint density at radius 3 is 2.76 bits per heavy atom. The Morgan fingerprint density at radius 1 is 1.24 bits per heavy atom. The van der Waals surface area contributed by atoms with Gasteiger partial charge in [0, 0.05) is 26.2 Å². The summed E-state index contributed by atoms with van der Waals surface area (Å²) in [6.07, 6.45) is 9.05. The molecule has 2 fully saturated rings. The van der Waals surface area contributed by atoms with E-state index in [1.807, 2.05) is 4.90 Å². The first-order valence-electron chi connectivity index (χ1n) is 7.80. The Bertz CT molecular complexity index is 465. The van der Waals surface area contributed by atoms with Crippen molar-refractivity contribution in [3.8, 4) is 0 Å². The molecule has 0 aliphatic carbocycles. The van der Waals surface area contributed by atoms with Gasteiger partial charge in [-0.25, -0.2) is 9.97 Å². The standard InChI is InChI=1S/C15H22N4O2/c20-15(19-6-2-1-3-7-19)13-10-18-14(11-16-13)17-9-12-5-4-8-21-12/h10-12H,1-9H2,(H,17,18). The average Bonchev–Trinajstić information content (AvgIpc) is 3.07. The predicted molar refractivity (Wildman–Crippen MR) is 79.3 cm³/mol. The molecule has 0 aromatic carbocycles. The molecular weight excluding hydrogens is 268 g/mol. The molecule has 1 aromatic heterocycles. The van der Waals surface area contributed by atoms with Crippen LogP contribution < -0.4 is 5.32 Å². The highest BCUT2D eigenvalue weighted by atomic mass is 16.5. The molecule has 1 atom stereocenters. The lowest BCUT2D eigenvalue weighted by Crippen LogP contribution is -2.36. The number of rotatable bonds is 4. The number of anilines is 1. The van der Waals surface area contributed by atoms with Crippen LogP contribution in [-0.2, 0) is 4.74 Å². The summed E-state index contributed by atoms with van der Waals surface area (Å²) in [5.74, 6) is 0.688. The summed E-state index contributed by atoms with van der Waals surface area (Å²) in [7, 11) is 0. The van der Waals surface area contributed by atoms with Crippen molar-refractivity contribution in [1.82, 2.24) is 14.9 Å². The number of nitrogens with zero attached hydrogens (tertiary/aromatic N) is 3. The van der Waals surface area contributed by atoms with E-state index in [0.29, 0.717) is 11.5 Å². The van der Waals surface area contributed by atoms with Crippen LogP contribution in [0.3, 0.4) is 0 Å². The Hall–Kier alpha value is -1.69. The third kappa shape index (κ3) is 3.69. The fourth-order valence-corrected chi connectivity index (χ4v) is 2.81. The molecule has 0 radical (unpaired) electrons. The second-order valence-corrected chi connectivity index (χ2v) is 5.66. The van der Waals surface area contributed by atoms with E-state index < -0.39 is 0 Å². The minimum Gasteiger partial charge on any atom is -0.376 e. The van der Waals surface area contributed by atoms with Crippen molar-refractivity contribution in [2.24, 2.45) is 0 Å². The van der Waals surface area contributed by atoms with Gasteiger partial charge < -0.3 is 15.0 Å². The molecule has 3 heterocycles. The number of carbonyl (C=O) groups is 1. The smallest absolute Gasteiger partial charge is 0.274 e. The van der Waals surface area contributed by atoms with E-state index in [1.165, 1.54) is 6.42 Å². The van der Waals surface area contributed by atoms with Crippen LogP contribution in [0.1, 0.15) is 42.6 Å². The van der Waals surface area contributed by atoms with Crippen molar-refractivity contribution in [3.63, 3.8) is 0 Å². The average molecular weight is 290 g/mol. The van der Waals surface area contributed by atoms with E-state index in [0.717, 1.165) is 51.9 Å². The van der Waals surface area contributed by atoms with Gasteiger partial charge in [-0.15, -0.1) is 0 Å². The minimum atomic E-state index is -0.00660. The highest BCUT2D eigenvalue weighted by molar-refractivity contribution is 5.92. The Morgan fingerprint density at radius 2 is 2.10 bits per heavy atom. The lowest BCUT2D eigenvalue weighted by atomic mass is 10.1. The summed E-state index contributed by atoms with van der Waals surface area (Å²) in [4.78, 5) is 22.6. The van der Waals surface area contributed by atoms with E-state index in [1.54, 1.807) is 12.4 Å². The predicted octanol–water partition coefficient (Wildman–Crippen LogP) is 1.69. The maximum absolute atomic E-state index is 12.3. The molecule has 3 rings (SSSR count). The number of aromatic nitrogens is 2. The fourth-order valence-electron chi connectivity index (χ4n) is 2.81. The van der Waals surface area contributed by atoms with Gasteiger partial charge in [0.15, 0.2) is 0 Å². The normalized spacial score (nSPS) is 22.3. The number of piperidine rings is 1. The molecule has 2 aliphatic heterocycles. The molecule has 1 amide bonds. The third-order valence-corrected chi connectivity index (χ3v) is 4.05. The lowest BCUT2D eigenvalue weighted by Gasteiger charge is -2.26. The molecule has 1 aromatic rings. The van der Waals surface area contributed by atoms with Crippen LogP contribution in [0.4, 0.5) is 5.82 Å². The van der Waals surface area contributed by atoms with Crippen LogP contribution >= 0.6 is 0 Å². The molecule has 0 saturated carbocycles. The molecule has 114 valence electrons. The zero-order valence-corrected chi connectivity index (χ0v) is 12.3. The summed E-state index contributed by atoms with van der Waals surface area (Å²) in [5.41, 5.74) is 0.430. The van der Waals surface area contributed by atoms with Gasteiger partial charge in [0.2, 0.25) is 0 Å². The van der Waals surface area contributed by atoms with Gasteiger partial charge in [-0.2, -0.15) is 0 Å². The van der Waals surface area contributed by atoms with Crippen molar-refractivity contribution in [2.45, 2.75) is 38.2 Å². The molecule has 21 heavy (non-hydrogen) atoms. The number of carbonyl (C=O) groups excluding carboxylic acids is 1. The molecule has 6 heteroatoms. The van der Waals surface area contributed by atoms with Crippen LogP contribution in [-0.4, -0.2) is 53.1 Å². The zero-order valence-electron chi connectivity index (χ0n) is 12.3. The minimum absolute atomic E-state index is 0.00660. The van der Waals surface area contributed by atoms with Gasteiger partial charge in [-0.05, 0) is 32.1 Å². The van der Waals surface area contributed by atoms with Crippen molar-refractivity contribution < 1.29 is 9.53 Å². The molecular formula is C15H22N4O2. The maximum Gasteiger partial charge on any atom is 0.274 e. The van der Waals surface area contributed by atoms with Gasteiger partial charge >= 0.3 is 0 Å². The summed E-state index contributed by atoms with van der Waals surface area (Å²) in [5, 5.41) is 3.21. The Kier molecular flexibility index (Phi) is 4.65. The first kappa shape index (κ1) is 14.3. The van der Waals surface area contributed by atoms with Crippen molar-refractivity contribution in [2.75, 3.05) is 31.6 Å². The van der Waals surface area contributed by atoms with E-state index in [-0.39, 0.29) is 12.0 Å². The summed E-state index contributed by atoms with van der Waals surface area (Å²) in [6, 6.07) is 0. The van der Waals surface area contributed by atoms with Crippen LogP contribution in [0.25, 0.3) is 0 Å². The summed E-state index contributed by atoms with van der Waals surface area (Å²) < 4.78 is 5.54. The van der Waals surface area contributed by atoms with Crippen LogP contribution in [0.2, 0.25) is 0 Å². The number of likely N-dealkylation sites (tertiary alicyclic amines) is 1. The summed E-state index contributed by atoms with van der Waals surface area (Å²) >= 11 is 0. The van der Waals surface area contributed by atoms with Crippen molar-refractivity contribution in [1.29, 1.82) is 0 Å². The van der Waals surface area contributed by atoms with E-state index in [2.05, 4.69) is 15.3 Å². The van der Waals surface area contributed by atoms with Crippen LogP contribution in [0.5, 0.6) is 0 Å². The number of hydrogen-bond donors (Lipinski definition) is 1.